The number of hydrogen-bond donors (Lipinski definition) is 0. The number of fused-ring (bicyclic) bond motifs is 1. The molecule has 0 bridgehead atoms. The van der Waals surface area contributed by atoms with E-state index in [2.05, 4.69) is 9.47 Å². The van der Waals surface area contributed by atoms with Gasteiger partial charge in [0.1, 0.15) is 6.61 Å². The van der Waals surface area contributed by atoms with Crippen molar-refractivity contribution in [2.45, 2.75) is 31.9 Å². The van der Waals surface area contributed by atoms with Crippen LogP contribution in [0.15, 0.2) is 48.5 Å². The molecule has 4 nitrogen and oxygen atoms in total. The van der Waals surface area contributed by atoms with Crippen molar-refractivity contribution in [1.82, 2.24) is 0 Å². The number of hydrogen-bond acceptors (Lipinski definition) is 4. The van der Waals surface area contributed by atoms with Gasteiger partial charge in [0.25, 0.3) is 0 Å². The number of esters is 1. The molecule has 0 spiro atoms. The molecule has 0 aromatic heterocycles. The molecule has 9 heteroatoms. The summed E-state index contributed by atoms with van der Waals surface area (Å²) in [5.41, 5.74) is 0.433. The van der Waals surface area contributed by atoms with Crippen LogP contribution >= 0.6 is 0 Å². The van der Waals surface area contributed by atoms with Gasteiger partial charge in [0.2, 0.25) is 0 Å². The number of ether oxygens (including phenoxy) is 3. The third kappa shape index (κ3) is 4.35. The SMILES string of the molecule is C[C@H](C(C(=O)OCc1ccccc1)c1ccc2c(c1)OC(F)(F)O2)C(F)(F)F. The Labute approximate surface area is 156 Å². The fraction of sp³-hybridized carbons (Fsp3) is 0.316. The van der Waals surface area contributed by atoms with Crippen molar-refractivity contribution in [3.05, 3.63) is 59.7 Å². The summed E-state index contributed by atoms with van der Waals surface area (Å²) in [6.45, 7) is 0.608. The second-order valence-corrected chi connectivity index (χ2v) is 6.27. The zero-order chi connectivity index (χ0) is 20.5. The van der Waals surface area contributed by atoms with E-state index in [0.29, 0.717) is 5.56 Å². The van der Waals surface area contributed by atoms with Crippen LogP contribution in [0.3, 0.4) is 0 Å². The average molecular weight is 402 g/mol. The molecule has 0 radical (unpaired) electrons. The Balaban J connectivity index is 1.87. The first kappa shape index (κ1) is 19.9. The molecule has 2 atom stereocenters. The smallest absolute Gasteiger partial charge is 0.460 e. The normalized spacial score (nSPS) is 17.1. The lowest BCUT2D eigenvalue weighted by Gasteiger charge is -2.25. The molecule has 0 amide bonds. The minimum Gasteiger partial charge on any atom is -0.460 e. The Morgan fingerprint density at radius 1 is 1.07 bits per heavy atom. The van der Waals surface area contributed by atoms with Gasteiger partial charge in [-0.15, -0.1) is 8.78 Å². The molecule has 1 aliphatic heterocycles. The third-order valence-electron chi connectivity index (χ3n) is 4.28. The van der Waals surface area contributed by atoms with Gasteiger partial charge in [0.05, 0.1) is 11.8 Å². The zero-order valence-electron chi connectivity index (χ0n) is 14.5. The number of alkyl halides is 5. The lowest BCUT2D eigenvalue weighted by Crippen LogP contribution is -2.32. The lowest BCUT2D eigenvalue weighted by molar-refractivity contribution is -0.286. The summed E-state index contributed by atoms with van der Waals surface area (Å²) in [4.78, 5) is 12.5. The average Bonchev–Trinajstić information content (AvgIpc) is 2.93. The van der Waals surface area contributed by atoms with E-state index >= 15 is 0 Å². The number of halogens is 5. The predicted molar refractivity (Wildman–Crippen MR) is 86.8 cm³/mol. The van der Waals surface area contributed by atoms with Gasteiger partial charge in [-0.3, -0.25) is 4.79 Å². The Bertz CT molecular complexity index is 851. The summed E-state index contributed by atoms with van der Waals surface area (Å²) >= 11 is 0. The highest BCUT2D eigenvalue weighted by Crippen LogP contribution is 2.45. The van der Waals surface area contributed by atoms with Crippen molar-refractivity contribution < 1.29 is 41.0 Å². The van der Waals surface area contributed by atoms with Crippen molar-refractivity contribution in [3.63, 3.8) is 0 Å². The van der Waals surface area contributed by atoms with Crippen LogP contribution in [0, 0.1) is 5.92 Å². The molecule has 0 fully saturated rings. The first-order valence-corrected chi connectivity index (χ1v) is 8.24. The summed E-state index contributed by atoms with van der Waals surface area (Å²) in [5.74, 6) is -5.77. The van der Waals surface area contributed by atoms with Crippen LogP contribution < -0.4 is 9.47 Å². The predicted octanol–water partition coefficient (Wildman–Crippen LogP) is 5.03. The zero-order valence-corrected chi connectivity index (χ0v) is 14.5. The van der Waals surface area contributed by atoms with E-state index in [4.69, 9.17) is 4.74 Å². The maximum atomic E-state index is 13.3. The molecule has 0 saturated heterocycles. The standard InChI is InChI=1S/C19H15F5O4/c1-11(18(20,21)22)16(17(25)26-10-12-5-3-2-4-6-12)13-7-8-14-15(9-13)28-19(23,24)27-14/h2-9,11,16H,10H2,1H3/t11-,16?/m1/s1. The molecule has 0 saturated carbocycles. The fourth-order valence-electron chi connectivity index (χ4n) is 2.80. The van der Waals surface area contributed by atoms with Gasteiger partial charge < -0.3 is 14.2 Å². The van der Waals surface area contributed by atoms with Gasteiger partial charge in [-0.2, -0.15) is 13.2 Å². The van der Waals surface area contributed by atoms with Crippen LogP contribution in [-0.4, -0.2) is 18.4 Å². The Hall–Kier alpha value is -2.84. The second kappa shape index (κ2) is 7.29. The molecule has 2 aromatic carbocycles. The molecule has 28 heavy (non-hydrogen) atoms. The van der Waals surface area contributed by atoms with E-state index in [1.165, 1.54) is 0 Å². The van der Waals surface area contributed by atoms with Crippen LogP contribution in [0.4, 0.5) is 22.0 Å². The molecule has 150 valence electrons. The van der Waals surface area contributed by atoms with E-state index in [1.807, 2.05) is 0 Å². The van der Waals surface area contributed by atoms with Crippen molar-refractivity contribution in [2.75, 3.05) is 0 Å². The van der Waals surface area contributed by atoms with Gasteiger partial charge in [-0.05, 0) is 23.3 Å². The number of rotatable bonds is 5. The Kier molecular flexibility index (Phi) is 5.18. The van der Waals surface area contributed by atoms with Crippen LogP contribution in [0.1, 0.15) is 24.0 Å². The van der Waals surface area contributed by atoms with Gasteiger partial charge in [-0.25, -0.2) is 0 Å². The fourth-order valence-corrected chi connectivity index (χ4v) is 2.80. The Morgan fingerprint density at radius 2 is 1.71 bits per heavy atom. The first-order chi connectivity index (χ1) is 13.1. The van der Waals surface area contributed by atoms with Crippen LogP contribution in [0.2, 0.25) is 0 Å². The second-order valence-electron chi connectivity index (χ2n) is 6.27. The highest BCUT2D eigenvalue weighted by Gasteiger charge is 2.47. The van der Waals surface area contributed by atoms with Crippen molar-refractivity contribution in [2.24, 2.45) is 5.92 Å². The molecule has 1 aliphatic rings. The summed E-state index contributed by atoms with van der Waals surface area (Å²) in [7, 11) is 0. The quantitative estimate of drug-likeness (QED) is 0.520. The van der Waals surface area contributed by atoms with Crippen LogP contribution in [0.25, 0.3) is 0 Å². The first-order valence-electron chi connectivity index (χ1n) is 8.24. The van der Waals surface area contributed by atoms with Crippen molar-refractivity contribution in [3.8, 4) is 11.5 Å². The monoisotopic (exact) mass is 402 g/mol. The van der Waals surface area contributed by atoms with Crippen molar-refractivity contribution >= 4 is 5.97 Å². The molecular weight excluding hydrogens is 387 g/mol. The molecule has 3 rings (SSSR count). The van der Waals surface area contributed by atoms with E-state index in [-0.39, 0.29) is 17.9 Å². The minimum absolute atomic E-state index is 0.164. The summed E-state index contributed by atoms with van der Waals surface area (Å²) in [6.07, 6.45) is -8.63. The topological polar surface area (TPSA) is 44.8 Å². The maximum Gasteiger partial charge on any atom is 0.586 e. The molecule has 0 N–H and O–H groups in total. The summed E-state index contributed by atoms with van der Waals surface area (Å²) in [6, 6.07) is 11.5. The molecular formula is C19H15F5O4. The highest BCUT2D eigenvalue weighted by atomic mass is 19.4. The summed E-state index contributed by atoms with van der Waals surface area (Å²) in [5, 5.41) is 0. The minimum atomic E-state index is -4.71. The van der Waals surface area contributed by atoms with Crippen LogP contribution in [-0.2, 0) is 16.1 Å². The maximum absolute atomic E-state index is 13.3. The van der Waals surface area contributed by atoms with Gasteiger partial charge in [-0.1, -0.05) is 43.3 Å². The lowest BCUT2D eigenvalue weighted by atomic mass is 9.86. The number of benzene rings is 2. The number of carbonyl (C=O) groups excluding carboxylic acids is 1. The van der Waals surface area contributed by atoms with Gasteiger partial charge in [0.15, 0.2) is 11.5 Å². The third-order valence-corrected chi connectivity index (χ3v) is 4.28. The van der Waals surface area contributed by atoms with E-state index < -0.39 is 36.0 Å². The molecule has 1 unspecified atom stereocenters. The number of carbonyl (C=O) groups is 1. The molecule has 2 aromatic rings. The van der Waals surface area contributed by atoms with Gasteiger partial charge >= 0.3 is 18.4 Å². The Morgan fingerprint density at radius 3 is 2.36 bits per heavy atom. The van der Waals surface area contributed by atoms with E-state index in [0.717, 1.165) is 25.1 Å². The van der Waals surface area contributed by atoms with Gasteiger partial charge in [0, 0.05) is 0 Å². The largest absolute Gasteiger partial charge is 0.586 e. The highest BCUT2D eigenvalue weighted by molar-refractivity contribution is 5.79. The molecule has 0 aliphatic carbocycles. The van der Waals surface area contributed by atoms with E-state index in [9.17, 15) is 26.7 Å². The summed E-state index contributed by atoms with van der Waals surface area (Å²) < 4.78 is 79.9. The van der Waals surface area contributed by atoms with E-state index in [1.54, 1.807) is 30.3 Å². The van der Waals surface area contributed by atoms with Crippen molar-refractivity contribution in [1.29, 1.82) is 0 Å². The van der Waals surface area contributed by atoms with Crippen LogP contribution in [0.5, 0.6) is 11.5 Å². The molecule has 1 heterocycles.